The van der Waals surface area contributed by atoms with Gasteiger partial charge in [0.2, 0.25) is 0 Å². The number of rotatable bonds is 2. The summed E-state index contributed by atoms with van der Waals surface area (Å²) in [7, 11) is 0. The predicted octanol–water partition coefficient (Wildman–Crippen LogP) is 3.03. The third kappa shape index (κ3) is 2.30. The lowest BCUT2D eigenvalue weighted by Crippen LogP contribution is -2.03. The Kier molecular flexibility index (Phi) is 3.72. The van der Waals surface area contributed by atoms with Crippen molar-refractivity contribution in [2.24, 2.45) is 0 Å². The van der Waals surface area contributed by atoms with Gasteiger partial charge in [0.05, 0.1) is 16.7 Å². The smallest absolute Gasteiger partial charge is 0.266 e. The molecule has 0 aromatic carbocycles. The molecule has 1 aromatic heterocycles. The van der Waals surface area contributed by atoms with E-state index in [1.54, 1.807) is 0 Å². The molecule has 0 aliphatic heterocycles. The summed E-state index contributed by atoms with van der Waals surface area (Å²) >= 11 is 8.02. The highest BCUT2D eigenvalue weighted by molar-refractivity contribution is 9.10. The molecule has 0 aliphatic carbocycles. The van der Waals surface area contributed by atoms with Gasteiger partial charge < -0.3 is 0 Å². The van der Waals surface area contributed by atoms with Crippen LogP contribution in [-0.2, 0) is 0 Å². The number of pyridine rings is 1. The van der Waals surface area contributed by atoms with E-state index in [0.29, 0.717) is 0 Å². The highest BCUT2D eigenvalue weighted by Gasteiger charge is 2.22. The van der Waals surface area contributed by atoms with Gasteiger partial charge >= 0.3 is 0 Å². The quantitative estimate of drug-likeness (QED) is 0.622. The number of carbonyl (C=O) groups is 1. The summed E-state index contributed by atoms with van der Waals surface area (Å²) < 4.78 is 24.8. The maximum absolute atomic E-state index is 12.4. The van der Waals surface area contributed by atoms with Gasteiger partial charge in [-0.1, -0.05) is 0 Å². The van der Waals surface area contributed by atoms with E-state index in [4.69, 9.17) is 16.9 Å². The number of aromatic nitrogens is 1. The fraction of sp³-hybridized carbons (Fsp3) is 0.125. The molecule has 3 nitrogen and oxygen atoms in total. The molecule has 0 unspecified atom stereocenters. The van der Waals surface area contributed by atoms with Gasteiger partial charge in [-0.05, 0) is 27.5 Å². The third-order valence-corrected chi connectivity index (χ3v) is 2.40. The van der Waals surface area contributed by atoms with E-state index in [1.165, 1.54) is 6.07 Å². The average molecular weight is 295 g/mol. The summed E-state index contributed by atoms with van der Waals surface area (Å²) in [6.07, 6.45) is -2.05. The fourth-order valence-electron chi connectivity index (χ4n) is 0.968. The minimum absolute atomic E-state index is 0.0246. The van der Waals surface area contributed by atoms with Crippen LogP contribution in [0.2, 0.25) is 0 Å². The SMILES string of the molecule is N#Cc1c(C(F)F)cnc(Br)c1C(=O)Cl. The van der Waals surface area contributed by atoms with Crippen LogP contribution in [0.4, 0.5) is 8.78 Å². The second kappa shape index (κ2) is 4.64. The first kappa shape index (κ1) is 12.0. The van der Waals surface area contributed by atoms with Gasteiger partial charge in [-0.15, -0.1) is 0 Å². The lowest BCUT2D eigenvalue weighted by atomic mass is 10.1. The molecule has 0 fully saturated rings. The van der Waals surface area contributed by atoms with E-state index in [9.17, 15) is 13.6 Å². The van der Waals surface area contributed by atoms with Gasteiger partial charge in [0, 0.05) is 6.20 Å². The van der Waals surface area contributed by atoms with Crippen LogP contribution >= 0.6 is 27.5 Å². The molecule has 1 heterocycles. The summed E-state index contributed by atoms with van der Waals surface area (Å²) in [4.78, 5) is 14.4. The van der Waals surface area contributed by atoms with Gasteiger partial charge in [-0.3, -0.25) is 4.79 Å². The monoisotopic (exact) mass is 294 g/mol. The molecule has 0 atom stereocenters. The van der Waals surface area contributed by atoms with Gasteiger partial charge in [0.25, 0.3) is 11.7 Å². The molecule has 0 radical (unpaired) electrons. The second-order valence-corrected chi connectivity index (χ2v) is 3.53. The Hall–Kier alpha value is -1.06. The van der Waals surface area contributed by atoms with Gasteiger partial charge in [0.15, 0.2) is 0 Å². The number of hydrogen-bond donors (Lipinski definition) is 0. The minimum Gasteiger partial charge on any atom is -0.275 e. The van der Waals surface area contributed by atoms with Crippen LogP contribution in [0.1, 0.15) is 27.9 Å². The molecule has 1 rings (SSSR count). The Balaban J connectivity index is 3.56. The van der Waals surface area contributed by atoms with E-state index in [0.717, 1.165) is 6.20 Å². The van der Waals surface area contributed by atoms with Gasteiger partial charge in [-0.2, -0.15) is 5.26 Å². The maximum atomic E-state index is 12.4. The molecule has 1 aromatic rings. The molecule has 15 heavy (non-hydrogen) atoms. The number of hydrogen-bond acceptors (Lipinski definition) is 3. The highest BCUT2D eigenvalue weighted by Crippen LogP contribution is 2.28. The minimum atomic E-state index is -2.88. The summed E-state index contributed by atoms with van der Waals surface area (Å²) in [5.74, 6) is 0. The Bertz CT molecular complexity index is 459. The Morgan fingerprint density at radius 2 is 2.27 bits per heavy atom. The molecule has 78 valence electrons. The molecule has 0 N–H and O–H groups in total. The topological polar surface area (TPSA) is 53.8 Å². The summed E-state index contributed by atoms with van der Waals surface area (Å²) in [6.45, 7) is 0. The number of halogens is 4. The number of nitriles is 1. The van der Waals surface area contributed by atoms with Crippen LogP contribution in [0.25, 0.3) is 0 Å². The zero-order chi connectivity index (χ0) is 11.6. The van der Waals surface area contributed by atoms with Crippen molar-refractivity contribution in [2.75, 3.05) is 0 Å². The number of alkyl halides is 2. The normalized spacial score (nSPS) is 10.1. The lowest BCUT2D eigenvalue weighted by molar-refractivity contribution is 0.107. The molecular weight excluding hydrogens is 293 g/mol. The van der Waals surface area contributed by atoms with Crippen molar-refractivity contribution < 1.29 is 13.6 Å². The van der Waals surface area contributed by atoms with Crippen molar-refractivity contribution in [3.63, 3.8) is 0 Å². The van der Waals surface area contributed by atoms with Crippen LogP contribution in [0.15, 0.2) is 10.8 Å². The summed E-state index contributed by atoms with van der Waals surface area (Å²) in [5.41, 5.74) is -1.39. The van der Waals surface area contributed by atoms with Crippen molar-refractivity contribution in [3.8, 4) is 6.07 Å². The molecule has 0 aliphatic rings. The van der Waals surface area contributed by atoms with Crippen LogP contribution in [0.5, 0.6) is 0 Å². The Morgan fingerprint density at radius 3 is 2.67 bits per heavy atom. The second-order valence-electron chi connectivity index (χ2n) is 2.44. The van der Waals surface area contributed by atoms with Crippen molar-refractivity contribution in [2.45, 2.75) is 6.43 Å². The molecule has 0 saturated carbocycles. The largest absolute Gasteiger partial charge is 0.275 e. The van der Waals surface area contributed by atoms with Crippen molar-refractivity contribution >= 4 is 32.8 Å². The van der Waals surface area contributed by atoms with Crippen molar-refractivity contribution in [1.82, 2.24) is 4.98 Å². The van der Waals surface area contributed by atoms with Crippen LogP contribution in [0.3, 0.4) is 0 Å². The van der Waals surface area contributed by atoms with Gasteiger partial charge in [0.1, 0.15) is 10.7 Å². The molecule has 0 spiro atoms. The number of carbonyl (C=O) groups excluding carboxylic acids is 1. The molecule has 7 heteroatoms. The molecule has 0 amide bonds. The highest BCUT2D eigenvalue weighted by atomic mass is 79.9. The Morgan fingerprint density at radius 1 is 1.67 bits per heavy atom. The lowest BCUT2D eigenvalue weighted by Gasteiger charge is -2.06. The predicted molar refractivity (Wildman–Crippen MR) is 51.8 cm³/mol. The molecule has 0 bridgehead atoms. The van der Waals surface area contributed by atoms with Crippen LogP contribution < -0.4 is 0 Å². The first-order chi connectivity index (χ1) is 6.99. The van der Waals surface area contributed by atoms with E-state index in [-0.39, 0.29) is 10.2 Å². The average Bonchev–Trinajstić information content (AvgIpc) is 2.15. The maximum Gasteiger partial charge on any atom is 0.266 e. The zero-order valence-electron chi connectivity index (χ0n) is 6.97. The first-order valence-corrected chi connectivity index (χ1v) is 4.72. The number of nitrogens with zero attached hydrogens (tertiary/aromatic N) is 2. The van der Waals surface area contributed by atoms with Gasteiger partial charge in [-0.25, -0.2) is 13.8 Å². The summed E-state index contributed by atoms with van der Waals surface area (Å²) in [6, 6.07) is 1.51. The molecule has 0 saturated heterocycles. The van der Waals surface area contributed by atoms with Crippen molar-refractivity contribution in [3.05, 3.63) is 27.5 Å². The van der Waals surface area contributed by atoms with Crippen molar-refractivity contribution in [1.29, 1.82) is 5.26 Å². The van der Waals surface area contributed by atoms with E-state index < -0.39 is 22.8 Å². The van der Waals surface area contributed by atoms with E-state index in [2.05, 4.69) is 20.9 Å². The van der Waals surface area contributed by atoms with E-state index >= 15 is 0 Å². The molecular formula is C8H2BrClF2N2O. The third-order valence-electron chi connectivity index (χ3n) is 1.61. The first-order valence-electron chi connectivity index (χ1n) is 3.55. The Labute approximate surface area is 96.8 Å². The fourth-order valence-corrected chi connectivity index (χ4v) is 1.75. The van der Waals surface area contributed by atoms with E-state index in [1.807, 2.05) is 0 Å². The van der Waals surface area contributed by atoms with Crippen LogP contribution in [-0.4, -0.2) is 10.2 Å². The standard InChI is InChI=1S/C8H2BrClF2N2O/c9-6-5(7(10)15)3(1-13)4(2-14-6)8(11)12/h2,8H. The zero-order valence-corrected chi connectivity index (χ0v) is 9.31. The van der Waals surface area contributed by atoms with Crippen LogP contribution in [0, 0.1) is 11.3 Å². The summed E-state index contributed by atoms with van der Waals surface area (Å²) in [5, 5.41) is 7.67.